The van der Waals surface area contributed by atoms with Gasteiger partial charge in [-0.15, -0.1) is 5.06 Å². The molecule has 1 unspecified atom stereocenters. The smallest absolute Gasteiger partial charge is 0.345 e. The van der Waals surface area contributed by atoms with Crippen molar-refractivity contribution < 1.29 is 19.2 Å². The number of carbonyl (C=O) groups is 3. The van der Waals surface area contributed by atoms with Gasteiger partial charge in [-0.2, -0.15) is 0 Å². The van der Waals surface area contributed by atoms with E-state index in [-0.39, 0.29) is 12.0 Å². The van der Waals surface area contributed by atoms with Crippen LogP contribution < -0.4 is 5.73 Å². The lowest BCUT2D eigenvalue weighted by molar-refractivity contribution is -0.195. The molecular weight excluding hydrogens is 310 g/mol. The van der Waals surface area contributed by atoms with Gasteiger partial charge in [-0.05, 0) is 37.8 Å². The van der Waals surface area contributed by atoms with Gasteiger partial charge in [0.15, 0.2) is 11.2 Å². The predicted molar refractivity (Wildman–Crippen MR) is 84.4 cm³/mol. The summed E-state index contributed by atoms with van der Waals surface area (Å²) in [5.41, 5.74) is 4.22. The standard InChI is InChI=1S/C17H19N3O4/c18-15(22)17(16(23)24-20-9-1-2-10-20)7-3-6-13(17)14(21)12-5-4-8-19-11-12/h4-6,8,11H,1-3,7,9-10H2,(H2,18,22). The van der Waals surface area contributed by atoms with Crippen molar-refractivity contribution in [3.8, 4) is 0 Å². The zero-order chi connectivity index (χ0) is 17.2. The molecule has 1 aliphatic carbocycles. The number of hydrogen-bond donors (Lipinski definition) is 1. The second-order valence-electron chi connectivity index (χ2n) is 6.01. The van der Waals surface area contributed by atoms with Crippen LogP contribution in [0, 0.1) is 5.41 Å². The van der Waals surface area contributed by atoms with Crippen LogP contribution in [-0.2, 0) is 14.4 Å². The highest BCUT2D eigenvalue weighted by atomic mass is 16.7. The first kappa shape index (κ1) is 16.3. The number of aromatic nitrogens is 1. The Morgan fingerprint density at radius 3 is 2.62 bits per heavy atom. The summed E-state index contributed by atoms with van der Waals surface area (Å²) in [6.45, 7) is 1.24. The van der Waals surface area contributed by atoms with Gasteiger partial charge >= 0.3 is 5.97 Å². The summed E-state index contributed by atoms with van der Waals surface area (Å²) in [6.07, 6.45) is 6.96. The average Bonchev–Trinajstić information content (AvgIpc) is 3.24. The lowest BCUT2D eigenvalue weighted by atomic mass is 9.77. The van der Waals surface area contributed by atoms with Gasteiger partial charge in [0.2, 0.25) is 5.91 Å². The van der Waals surface area contributed by atoms with E-state index >= 15 is 0 Å². The van der Waals surface area contributed by atoms with E-state index in [9.17, 15) is 14.4 Å². The number of primary amides is 1. The van der Waals surface area contributed by atoms with Crippen LogP contribution in [0.1, 0.15) is 36.0 Å². The lowest BCUT2D eigenvalue weighted by Crippen LogP contribution is -2.48. The molecule has 0 saturated carbocycles. The predicted octanol–water partition coefficient (Wildman–Crippen LogP) is 1.01. The van der Waals surface area contributed by atoms with Gasteiger partial charge in [0.25, 0.3) is 0 Å². The number of nitrogens with two attached hydrogens (primary N) is 1. The topological polar surface area (TPSA) is 103 Å². The second kappa shape index (κ2) is 6.52. The minimum atomic E-state index is -1.73. The number of hydrogen-bond acceptors (Lipinski definition) is 6. The molecule has 2 N–H and O–H groups in total. The highest BCUT2D eigenvalue weighted by Gasteiger charge is 2.54. The number of ketones is 1. The monoisotopic (exact) mass is 329 g/mol. The Labute approximate surface area is 139 Å². The first-order valence-electron chi connectivity index (χ1n) is 7.98. The molecule has 1 saturated heterocycles. The zero-order valence-electron chi connectivity index (χ0n) is 13.2. The maximum atomic E-state index is 12.8. The SMILES string of the molecule is NC(=O)C1(C(=O)ON2CCCC2)CCC=C1C(=O)c1cccnc1. The average molecular weight is 329 g/mol. The Morgan fingerprint density at radius 1 is 1.25 bits per heavy atom. The Balaban J connectivity index is 1.91. The summed E-state index contributed by atoms with van der Waals surface area (Å²) >= 11 is 0. The van der Waals surface area contributed by atoms with Crippen LogP contribution in [0.15, 0.2) is 36.2 Å². The molecule has 2 aliphatic rings. The molecule has 1 aromatic rings. The highest BCUT2D eigenvalue weighted by Crippen LogP contribution is 2.42. The van der Waals surface area contributed by atoms with Gasteiger partial charge in [0.1, 0.15) is 0 Å². The zero-order valence-corrected chi connectivity index (χ0v) is 13.2. The number of pyridine rings is 1. The summed E-state index contributed by atoms with van der Waals surface area (Å²) in [5.74, 6) is -2.04. The van der Waals surface area contributed by atoms with Crippen molar-refractivity contribution in [1.29, 1.82) is 0 Å². The number of hydroxylamine groups is 2. The van der Waals surface area contributed by atoms with Crippen LogP contribution in [0.25, 0.3) is 0 Å². The van der Waals surface area contributed by atoms with Gasteiger partial charge in [0, 0.05) is 36.6 Å². The first-order valence-corrected chi connectivity index (χ1v) is 7.98. The molecule has 24 heavy (non-hydrogen) atoms. The minimum Gasteiger partial charge on any atom is -0.368 e. The van der Waals surface area contributed by atoms with Crippen molar-refractivity contribution in [2.24, 2.45) is 11.1 Å². The maximum absolute atomic E-state index is 12.8. The summed E-state index contributed by atoms with van der Waals surface area (Å²) in [6, 6.07) is 3.21. The lowest BCUT2D eigenvalue weighted by Gasteiger charge is -2.28. The molecular formula is C17H19N3O4. The number of Topliss-reactive ketones (excluding diaryl/α,β-unsaturated/α-hetero) is 1. The van der Waals surface area contributed by atoms with Crippen molar-refractivity contribution in [3.63, 3.8) is 0 Å². The second-order valence-corrected chi connectivity index (χ2v) is 6.01. The normalized spacial score (nSPS) is 23.8. The van der Waals surface area contributed by atoms with E-state index in [1.807, 2.05) is 0 Å². The van der Waals surface area contributed by atoms with E-state index in [0.717, 1.165) is 12.8 Å². The number of amides is 1. The summed E-state index contributed by atoms with van der Waals surface area (Å²) < 4.78 is 0. The van der Waals surface area contributed by atoms with Crippen LogP contribution in [-0.4, -0.2) is 40.8 Å². The van der Waals surface area contributed by atoms with Crippen LogP contribution in [0.5, 0.6) is 0 Å². The molecule has 7 heteroatoms. The Morgan fingerprint density at radius 2 is 2.00 bits per heavy atom. The van der Waals surface area contributed by atoms with Crippen LogP contribution in [0.2, 0.25) is 0 Å². The number of allylic oxidation sites excluding steroid dienone is 1. The third-order valence-electron chi connectivity index (χ3n) is 4.54. The van der Waals surface area contributed by atoms with Crippen LogP contribution in [0.3, 0.4) is 0 Å². The quantitative estimate of drug-likeness (QED) is 0.639. The van der Waals surface area contributed by atoms with E-state index in [1.54, 1.807) is 24.4 Å². The van der Waals surface area contributed by atoms with Gasteiger partial charge in [-0.25, -0.2) is 4.79 Å². The maximum Gasteiger partial charge on any atom is 0.345 e. The van der Waals surface area contributed by atoms with Gasteiger partial charge < -0.3 is 10.6 Å². The minimum absolute atomic E-state index is 0.0900. The molecule has 0 spiro atoms. The number of nitrogens with zero attached hydrogens (tertiary/aromatic N) is 2. The molecule has 1 amide bonds. The summed E-state index contributed by atoms with van der Waals surface area (Å²) in [7, 11) is 0. The van der Waals surface area contributed by atoms with E-state index in [0.29, 0.717) is 25.1 Å². The van der Waals surface area contributed by atoms with Gasteiger partial charge in [-0.3, -0.25) is 14.6 Å². The Bertz CT molecular complexity index is 695. The van der Waals surface area contributed by atoms with Crippen LogP contribution >= 0.6 is 0 Å². The van der Waals surface area contributed by atoms with Gasteiger partial charge in [-0.1, -0.05) is 6.08 Å². The van der Waals surface area contributed by atoms with Gasteiger partial charge in [0.05, 0.1) is 0 Å². The van der Waals surface area contributed by atoms with Crippen molar-refractivity contribution in [2.75, 3.05) is 13.1 Å². The Hall–Kier alpha value is -2.54. The molecule has 1 aromatic heterocycles. The third kappa shape index (κ3) is 2.71. The molecule has 7 nitrogen and oxygen atoms in total. The summed E-state index contributed by atoms with van der Waals surface area (Å²) in [5, 5.41) is 1.53. The fourth-order valence-corrected chi connectivity index (χ4v) is 3.22. The molecule has 1 atom stereocenters. The fourth-order valence-electron chi connectivity index (χ4n) is 3.22. The van der Waals surface area contributed by atoms with E-state index in [2.05, 4.69) is 4.98 Å². The summed E-state index contributed by atoms with van der Waals surface area (Å²) in [4.78, 5) is 47.0. The molecule has 1 aliphatic heterocycles. The largest absolute Gasteiger partial charge is 0.368 e. The van der Waals surface area contributed by atoms with Crippen molar-refractivity contribution >= 4 is 17.7 Å². The van der Waals surface area contributed by atoms with Crippen molar-refractivity contribution in [3.05, 3.63) is 41.7 Å². The first-order chi connectivity index (χ1) is 11.6. The van der Waals surface area contributed by atoms with Crippen LogP contribution in [0.4, 0.5) is 0 Å². The molecule has 0 bridgehead atoms. The Kier molecular flexibility index (Phi) is 4.44. The fraction of sp³-hybridized carbons (Fsp3) is 0.412. The van der Waals surface area contributed by atoms with E-state index in [1.165, 1.54) is 11.3 Å². The molecule has 0 radical (unpaired) electrons. The van der Waals surface area contributed by atoms with Crippen molar-refractivity contribution in [2.45, 2.75) is 25.7 Å². The molecule has 126 valence electrons. The highest BCUT2D eigenvalue weighted by molar-refractivity contribution is 6.20. The molecule has 0 aromatic carbocycles. The number of rotatable bonds is 5. The van der Waals surface area contributed by atoms with E-state index in [4.69, 9.17) is 10.6 Å². The molecule has 1 fully saturated rings. The number of carbonyl (C=O) groups excluding carboxylic acids is 3. The molecule has 2 heterocycles. The molecule has 3 rings (SSSR count). The van der Waals surface area contributed by atoms with E-state index < -0.39 is 23.1 Å². The van der Waals surface area contributed by atoms with Crippen molar-refractivity contribution in [1.82, 2.24) is 10.0 Å². The third-order valence-corrected chi connectivity index (χ3v) is 4.54.